The molecule has 0 bridgehead atoms. The Morgan fingerprint density at radius 1 is 1.06 bits per heavy atom. The van der Waals surface area contributed by atoms with Crippen molar-refractivity contribution in [3.8, 4) is 11.1 Å². The highest BCUT2D eigenvalue weighted by Crippen LogP contribution is 2.45. The van der Waals surface area contributed by atoms with Crippen molar-refractivity contribution in [3.63, 3.8) is 0 Å². The maximum Gasteiger partial charge on any atom is 0.146 e. The first kappa shape index (κ1) is 22.9. The highest BCUT2D eigenvalue weighted by atomic mass is 16.6. The number of rotatable bonds is 5. The van der Waals surface area contributed by atoms with E-state index in [9.17, 15) is 0 Å². The van der Waals surface area contributed by atoms with Gasteiger partial charge in [-0.3, -0.25) is 9.67 Å². The van der Waals surface area contributed by atoms with E-state index in [1.165, 1.54) is 32.5 Å². The van der Waals surface area contributed by atoms with Gasteiger partial charge in [0.2, 0.25) is 0 Å². The van der Waals surface area contributed by atoms with Crippen LogP contribution in [0.15, 0.2) is 102 Å². The summed E-state index contributed by atoms with van der Waals surface area (Å²) in [6, 6.07) is 24.2. The highest BCUT2D eigenvalue weighted by Gasteiger charge is 2.30. The van der Waals surface area contributed by atoms with Gasteiger partial charge in [-0.1, -0.05) is 48.5 Å². The summed E-state index contributed by atoms with van der Waals surface area (Å²) in [6.45, 7) is 4.45. The Balaban J connectivity index is 0.000000398. The molecular formula is C27H30N6O. The predicted molar refractivity (Wildman–Crippen MR) is 136 cm³/mol. The van der Waals surface area contributed by atoms with E-state index < -0.39 is 0 Å². The second-order valence-corrected chi connectivity index (χ2v) is 7.93. The number of nitrogens with zero attached hydrogens (tertiary/aromatic N) is 2. The quantitative estimate of drug-likeness (QED) is 0.203. The van der Waals surface area contributed by atoms with Crippen LogP contribution in [0.5, 0.6) is 0 Å². The number of hydrogen-bond acceptors (Lipinski definition) is 5. The van der Waals surface area contributed by atoms with Crippen molar-refractivity contribution in [3.05, 3.63) is 119 Å². The molecule has 6 N–H and O–H groups in total. The molecule has 1 unspecified atom stereocenters. The van der Waals surface area contributed by atoms with Gasteiger partial charge < -0.3 is 21.4 Å². The number of H-pyrrole nitrogens is 1. The summed E-state index contributed by atoms with van der Waals surface area (Å²) < 4.78 is 1.54. The van der Waals surface area contributed by atoms with Crippen LogP contribution in [0, 0.1) is 0 Å². The van der Waals surface area contributed by atoms with Crippen LogP contribution in [-0.4, -0.2) is 9.66 Å². The van der Waals surface area contributed by atoms with Gasteiger partial charge >= 0.3 is 0 Å². The van der Waals surface area contributed by atoms with Gasteiger partial charge in [0.25, 0.3) is 0 Å². The molecule has 0 saturated carbocycles. The zero-order valence-electron chi connectivity index (χ0n) is 19.4. The van der Waals surface area contributed by atoms with E-state index in [0.717, 1.165) is 17.1 Å². The summed E-state index contributed by atoms with van der Waals surface area (Å²) in [5, 5.41) is 0. The van der Waals surface area contributed by atoms with E-state index in [4.69, 9.17) is 21.4 Å². The predicted octanol–water partition coefficient (Wildman–Crippen LogP) is 4.41. The summed E-state index contributed by atoms with van der Waals surface area (Å²) in [5.41, 5.74) is 15.2. The molecule has 174 valence electrons. The fourth-order valence-corrected chi connectivity index (χ4v) is 3.89. The molecule has 0 saturated heterocycles. The molecular weight excluding hydrogens is 424 g/mol. The molecule has 2 heterocycles. The number of aromatic nitrogens is 2. The van der Waals surface area contributed by atoms with Crippen molar-refractivity contribution >= 4 is 5.82 Å². The number of fused-ring (bicyclic) bond motifs is 3. The third-order valence-electron chi connectivity index (χ3n) is 5.68. The van der Waals surface area contributed by atoms with E-state index in [2.05, 4.69) is 52.9 Å². The lowest BCUT2D eigenvalue weighted by atomic mass is 9.99. The largest absolute Gasteiger partial charge is 0.413 e. The minimum Gasteiger partial charge on any atom is -0.413 e. The first-order valence-electron chi connectivity index (χ1n) is 11.2. The molecule has 5 rings (SSSR count). The van der Waals surface area contributed by atoms with E-state index in [1.54, 1.807) is 18.5 Å². The van der Waals surface area contributed by atoms with Gasteiger partial charge in [0.15, 0.2) is 0 Å². The molecule has 1 atom stereocenters. The number of hydrogen-bond donors (Lipinski definition) is 4. The third kappa shape index (κ3) is 5.05. The number of pyridine rings is 1. The lowest BCUT2D eigenvalue weighted by Crippen LogP contribution is -2.26. The number of allylic oxidation sites excluding steroid dienone is 2. The Labute approximate surface area is 199 Å². The molecule has 1 aliphatic carbocycles. The number of benzene rings is 2. The summed E-state index contributed by atoms with van der Waals surface area (Å²) in [4.78, 5) is 13.2. The molecule has 0 aliphatic heterocycles. The van der Waals surface area contributed by atoms with Crippen molar-refractivity contribution < 1.29 is 4.84 Å². The Kier molecular flexibility index (Phi) is 7.15. The third-order valence-corrected chi connectivity index (χ3v) is 5.68. The molecule has 0 spiro atoms. The summed E-state index contributed by atoms with van der Waals surface area (Å²) >= 11 is 0. The lowest BCUT2D eigenvalue weighted by Gasteiger charge is -2.16. The Hall–Kier alpha value is -4.23. The number of anilines is 1. The SMILES string of the molecule is C/C=C(\C)ONC1c2ccccc2-c2c(CN=c3ccccn3N)cccc21.Nc1ccc[nH]1. The zero-order valence-corrected chi connectivity index (χ0v) is 19.4. The van der Waals surface area contributed by atoms with E-state index >= 15 is 0 Å². The number of hydroxylamine groups is 1. The number of nitrogen functional groups attached to an aromatic ring is 2. The fraction of sp³-hybridized carbons (Fsp3) is 0.148. The minimum absolute atomic E-state index is 0.0165. The zero-order chi connectivity index (χ0) is 23.9. The van der Waals surface area contributed by atoms with Gasteiger partial charge in [0.1, 0.15) is 17.1 Å². The molecule has 2 aromatic heterocycles. The van der Waals surface area contributed by atoms with Crippen LogP contribution in [0.2, 0.25) is 0 Å². The maximum absolute atomic E-state index is 5.97. The molecule has 1 aliphatic rings. The molecule has 0 radical (unpaired) electrons. The van der Waals surface area contributed by atoms with E-state index in [0.29, 0.717) is 6.54 Å². The van der Waals surface area contributed by atoms with Crippen LogP contribution < -0.4 is 22.5 Å². The van der Waals surface area contributed by atoms with Crippen molar-refractivity contribution in [1.82, 2.24) is 15.1 Å². The number of nitrogens with two attached hydrogens (primary N) is 2. The van der Waals surface area contributed by atoms with Crippen molar-refractivity contribution in [2.24, 2.45) is 4.99 Å². The summed E-state index contributed by atoms with van der Waals surface area (Å²) in [7, 11) is 0. The first-order chi connectivity index (χ1) is 16.6. The molecule has 0 amide bonds. The Bertz CT molecular complexity index is 1340. The van der Waals surface area contributed by atoms with Gasteiger partial charge in [-0.05, 0) is 72.0 Å². The molecule has 7 heteroatoms. The fourth-order valence-electron chi connectivity index (χ4n) is 3.89. The Morgan fingerprint density at radius 3 is 2.56 bits per heavy atom. The van der Waals surface area contributed by atoms with Crippen LogP contribution in [0.4, 0.5) is 5.82 Å². The molecule has 0 fully saturated rings. The molecule has 7 nitrogen and oxygen atoms in total. The average molecular weight is 455 g/mol. The summed E-state index contributed by atoms with van der Waals surface area (Å²) in [6.07, 6.45) is 5.52. The monoisotopic (exact) mass is 454 g/mol. The van der Waals surface area contributed by atoms with Gasteiger partial charge in [-0.15, -0.1) is 5.48 Å². The first-order valence-corrected chi connectivity index (χ1v) is 11.2. The van der Waals surface area contributed by atoms with Crippen LogP contribution in [0.25, 0.3) is 11.1 Å². The van der Waals surface area contributed by atoms with Crippen LogP contribution in [0.3, 0.4) is 0 Å². The second-order valence-electron chi connectivity index (χ2n) is 7.93. The highest BCUT2D eigenvalue weighted by molar-refractivity contribution is 5.81. The smallest absolute Gasteiger partial charge is 0.146 e. The van der Waals surface area contributed by atoms with Crippen LogP contribution in [0.1, 0.15) is 36.6 Å². The van der Waals surface area contributed by atoms with Crippen molar-refractivity contribution in [1.29, 1.82) is 0 Å². The molecule has 4 aromatic rings. The summed E-state index contributed by atoms with van der Waals surface area (Å²) in [5.74, 6) is 7.53. The van der Waals surface area contributed by atoms with E-state index in [-0.39, 0.29) is 6.04 Å². The second kappa shape index (κ2) is 10.6. The molecule has 2 aromatic carbocycles. The van der Waals surface area contributed by atoms with Crippen molar-refractivity contribution in [2.75, 3.05) is 11.6 Å². The topological polar surface area (TPSA) is 106 Å². The maximum atomic E-state index is 5.97. The minimum atomic E-state index is -0.0165. The number of nitrogens with one attached hydrogen (secondary N) is 2. The van der Waals surface area contributed by atoms with Gasteiger partial charge in [0, 0.05) is 12.4 Å². The van der Waals surface area contributed by atoms with Crippen LogP contribution in [-0.2, 0) is 11.4 Å². The lowest BCUT2D eigenvalue weighted by molar-refractivity contribution is 0.0868. The standard InChI is InChI=1S/C23H24N4O.C4H6N2/c1-3-16(2)28-26-23-19-11-5-4-10-18(19)22-17(9-8-12-20(22)23)15-25-21-13-6-7-14-27(21)24;5-4-2-1-3-6-4/h3-14,23,26H,15,24H2,1-2H3;1-3,6H,5H2/b16-3+,25-21?;. The van der Waals surface area contributed by atoms with Gasteiger partial charge in [-0.25, -0.2) is 0 Å². The van der Waals surface area contributed by atoms with Crippen molar-refractivity contribution in [2.45, 2.75) is 26.4 Å². The Morgan fingerprint density at radius 2 is 1.85 bits per heavy atom. The van der Waals surface area contributed by atoms with E-state index in [1.807, 2.05) is 44.2 Å². The normalized spacial score (nSPS) is 14.7. The average Bonchev–Trinajstić information content (AvgIpc) is 3.47. The van der Waals surface area contributed by atoms with Gasteiger partial charge in [0.05, 0.1) is 12.6 Å². The van der Waals surface area contributed by atoms with Crippen LogP contribution >= 0.6 is 0 Å². The molecule has 34 heavy (non-hydrogen) atoms. The number of aromatic amines is 1. The van der Waals surface area contributed by atoms with Gasteiger partial charge in [-0.2, -0.15) is 0 Å².